The molecule has 1 saturated carbocycles. The van der Waals surface area contributed by atoms with Gasteiger partial charge < -0.3 is 4.90 Å². The average Bonchev–Trinajstić information content (AvgIpc) is 3.40. The predicted octanol–water partition coefficient (Wildman–Crippen LogP) is 1.68. The molecule has 0 bridgehead atoms. The maximum Gasteiger partial charge on any atom is 0.330 e. The smallest absolute Gasteiger partial charge is 0.330 e. The van der Waals surface area contributed by atoms with Crippen LogP contribution in [0.5, 0.6) is 0 Å². The number of carbonyl (C=O) groups excluding carboxylic acids is 1. The zero-order valence-corrected chi connectivity index (χ0v) is 14.0. The molecule has 1 fully saturated rings. The molecule has 0 radical (unpaired) electrons. The summed E-state index contributed by atoms with van der Waals surface area (Å²) in [5, 5.41) is 0.291. The molecule has 1 aliphatic rings. The summed E-state index contributed by atoms with van der Waals surface area (Å²) >= 11 is 0. The summed E-state index contributed by atoms with van der Waals surface area (Å²) in [4.78, 5) is 45.2. The highest BCUT2D eigenvalue weighted by Gasteiger charge is 2.28. The molecule has 24 heavy (non-hydrogen) atoms. The number of nitrogens with zero attached hydrogens (tertiary/aromatic N) is 3. The van der Waals surface area contributed by atoms with Crippen molar-refractivity contribution in [2.45, 2.75) is 45.6 Å². The lowest BCUT2D eigenvalue weighted by molar-refractivity contribution is 0.0762. The molecule has 1 aliphatic carbocycles. The minimum Gasteiger partial charge on any atom is -0.339 e. The van der Waals surface area contributed by atoms with Gasteiger partial charge >= 0.3 is 5.69 Å². The van der Waals surface area contributed by atoms with E-state index in [4.69, 9.17) is 0 Å². The average molecular weight is 330 g/mol. The van der Waals surface area contributed by atoms with Gasteiger partial charge in [0.1, 0.15) is 5.65 Å². The molecule has 0 aliphatic heterocycles. The number of fused-ring (bicyclic) bond motifs is 1. The molecule has 1 N–H and O–H groups in total. The number of carbonyl (C=O) groups is 1. The van der Waals surface area contributed by atoms with E-state index in [1.165, 1.54) is 10.8 Å². The lowest BCUT2D eigenvalue weighted by Gasteiger charge is -2.20. The fourth-order valence-electron chi connectivity index (χ4n) is 2.86. The molecule has 2 heterocycles. The number of amides is 1. The highest BCUT2D eigenvalue weighted by molar-refractivity contribution is 5.96. The van der Waals surface area contributed by atoms with Gasteiger partial charge in [0.05, 0.1) is 10.9 Å². The Bertz CT molecular complexity index is 880. The van der Waals surface area contributed by atoms with Gasteiger partial charge in [-0.2, -0.15) is 0 Å². The van der Waals surface area contributed by atoms with Gasteiger partial charge in [-0.3, -0.25) is 19.1 Å². The zero-order chi connectivity index (χ0) is 17.3. The second kappa shape index (κ2) is 6.59. The van der Waals surface area contributed by atoms with E-state index in [0.717, 1.165) is 25.7 Å². The summed E-state index contributed by atoms with van der Waals surface area (Å²) in [5.41, 5.74) is -0.184. The van der Waals surface area contributed by atoms with Crippen LogP contribution in [0.1, 0.15) is 55.9 Å². The Morgan fingerprint density at radius 3 is 2.75 bits per heavy atom. The van der Waals surface area contributed by atoms with Gasteiger partial charge in [-0.15, -0.1) is 0 Å². The molecule has 0 aromatic carbocycles. The number of pyridine rings is 1. The SMILES string of the molecule is CCCCN(CC)C(=O)c1cnc2c(c1)c(=O)[nH]c(=O)n2C1CC1. The highest BCUT2D eigenvalue weighted by atomic mass is 16.2. The van der Waals surface area contributed by atoms with Crippen LogP contribution in [0.2, 0.25) is 0 Å². The van der Waals surface area contributed by atoms with E-state index in [1.54, 1.807) is 11.0 Å². The summed E-state index contributed by atoms with van der Waals surface area (Å²) in [5.74, 6) is -0.135. The van der Waals surface area contributed by atoms with Crippen LogP contribution in [0.3, 0.4) is 0 Å². The molecule has 0 saturated heterocycles. The maximum absolute atomic E-state index is 12.6. The van der Waals surface area contributed by atoms with Crippen molar-refractivity contribution in [2.24, 2.45) is 0 Å². The van der Waals surface area contributed by atoms with E-state index < -0.39 is 11.2 Å². The summed E-state index contributed by atoms with van der Waals surface area (Å²) < 4.78 is 1.53. The summed E-state index contributed by atoms with van der Waals surface area (Å²) in [7, 11) is 0. The van der Waals surface area contributed by atoms with Gasteiger partial charge in [0.2, 0.25) is 0 Å². The van der Waals surface area contributed by atoms with Crippen LogP contribution in [0, 0.1) is 0 Å². The van der Waals surface area contributed by atoms with Gasteiger partial charge in [-0.05, 0) is 32.3 Å². The van der Waals surface area contributed by atoms with E-state index in [-0.39, 0.29) is 11.9 Å². The molecule has 0 atom stereocenters. The Balaban J connectivity index is 2.04. The van der Waals surface area contributed by atoms with Gasteiger partial charge in [0.15, 0.2) is 0 Å². The molecule has 7 nitrogen and oxygen atoms in total. The van der Waals surface area contributed by atoms with Gasteiger partial charge in [-0.25, -0.2) is 9.78 Å². The summed E-state index contributed by atoms with van der Waals surface area (Å²) in [6.45, 7) is 5.29. The third-order valence-electron chi connectivity index (χ3n) is 4.39. The lowest BCUT2D eigenvalue weighted by Crippen LogP contribution is -2.33. The van der Waals surface area contributed by atoms with Crippen LogP contribution < -0.4 is 11.2 Å². The number of H-pyrrole nitrogens is 1. The van der Waals surface area contributed by atoms with Crippen LogP contribution in [-0.2, 0) is 0 Å². The van der Waals surface area contributed by atoms with Crippen LogP contribution in [0.25, 0.3) is 11.0 Å². The van der Waals surface area contributed by atoms with Crippen LogP contribution in [-0.4, -0.2) is 38.4 Å². The van der Waals surface area contributed by atoms with Crippen LogP contribution >= 0.6 is 0 Å². The first-order chi connectivity index (χ1) is 11.6. The van der Waals surface area contributed by atoms with Crippen molar-refractivity contribution in [1.29, 1.82) is 0 Å². The second-order valence-electron chi connectivity index (χ2n) is 6.19. The quantitative estimate of drug-likeness (QED) is 0.873. The molecular weight excluding hydrogens is 308 g/mol. The van der Waals surface area contributed by atoms with Gasteiger partial charge in [0, 0.05) is 25.3 Å². The van der Waals surface area contributed by atoms with Crippen molar-refractivity contribution in [3.05, 3.63) is 38.7 Å². The fraction of sp³-hybridized carbons (Fsp3) is 0.529. The number of aromatic amines is 1. The first-order valence-corrected chi connectivity index (χ1v) is 8.50. The van der Waals surface area contributed by atoms with E-state index >= 15 is 0 Å². The third-order valence-corrected chi connectivity index (χ3v) is 4.39. The molecule has 2 aromatic rings. The minimum absolute atomic E-state index is 0.0996. The topological polar surface area (TPSA) is 88.1 Å². The standard InChI is InChI=1S/C17H22N4O3/c1-3-5-8-20(4-2)16(23)11-9-13-14(18-10-11)21(12-6-7-12)17(24)19-15(13)22/h9-10,12H,3-8H2,1-2H3,(H,19,22,24). The number of nitrogens with one attached hydrogen (secondary N) is 1. The molecule has 3 rings (SSSR count). The second-order valence-corrected chi connectivity index (χ2v) is 6.19. The maximum atomic E-state index is 12.6. The Kier molecular flexibility index (Phi) is 4.51. The largest absolute Gasteiger partial charge is 0.339 e. The first-order valence-electron chi connectivity index (χ1n) is 8.50. The van der Waals surface area contributed by atoms with Gasteiger partial charge in [-0.1, -0.05) is 13.3 Å². The van der Waals surface area contributed by atoms with E-state index in [1.807, 2.05) is 6.92 Å². The Labute approximate surface area is 139 Å². The number of rotatable bonds is 6. The van der Waals surface area contributed by atoms with E-state index in [9.17, 15) is 14.4 Å². The zero-order valence-electron chi connectivity index (χ0n) is 14.0. The monoisotopic (exact) mass is 330 g/mol. The van der Waals surface area contributed by atoms with Crippen molar-refractivity contribution < 1.29 is 4.79 Å². The highest BCUT2D eigenvalue weighted by Crippen LogP contribution is 2.34. The molecule has 7 heteroatoms. The fourth-order valence-corrected chi connectivity index (χ4v) is 2.86. The van der Waals surface area contributed by atoms with Gasteiger partial charge in [0.25, 0.3) is 11.5 Å². The number of hydrogen-bond acceptors (Lipinski definition) is 4. The van der Waals surface area contributed by atoms with Crippen molar-refractivity contribution in [3.63, 3.8) is 0 Å². The molecule has 2 aromatic heterocycles. The number of hydrogen-bond donors (Lipinski definition) is 1. The Hall–Kier alpha value is -2.44. The van der Waals surface area contributed by atoms with E-state index in [0.29, 0.717) is 29.7 Å². The minimum atomic E-state index is -0.495. The molecule has 128 valence electrons. The molecular formula is C17H22N4O3. The lowest BCUT2D eigenvalue weighted by atomic mass is 10.2. The first kappa shape index (κ1) is 16.4. The van der Waals surface area contributed by atoms with Crippen molar-refractivity contribution >= 4 is 16.9 Å². The Morgan fingerprint density at radius 2 is 2.12 bits per heavy atom. The van der Waals surface area contributed by atoms with Crippen molar-refractivity contribution in [3.8, 4) is 0 Å². The third kappa shape index (κ3) is 2.98. The van der Waals surface area contributed by atoms with Crippen molar-refractivity contribution in [1.82, 2.24) is 19.4 Å². The molecule has 0 unspecified atom stereocenters. The van der Waals surface area contributed by atoms with Crippen LogP contribution in [0.4, 0.5) is 0 Å². The molecule has 0 spiro atoms. The van der Waals surface area contributed by atoms with Crippen molar-refractivity contribution in [2.75, 3.05) is 13.1 Å². The number of aromatic nitrogens is 3. The molecule has 1 amide bonds. The summed E-state index contributed by atoms with van der Waals surface area (Å²) in [6.07, 6.45) is 5.22. The number of unbranched alkanes of at least 4 members (excludes halogenated alkanes) is 1. The normalized spacial score (nSPS) is 14.1. The van der Waals surface area contributed by atoms with Crippen LogP contribution in [0.15, 0.2) is 21.9 Å². The Morgan fingerprint density at radius 1 is 1.38 bits per heavy atom. The van der Waals surface area contributed by atoms with E-state index in [2.05, 4.69) is 16.9 Å². The summed E-state index contributed by atoms with van der Waals surface area (Å²) in [6, 6.07) is 1.65. The predicted molar refractivity (Wildman–Crippen MR) is 91.4 cm³/mol.